The van der Waals surface area contributed by atoms with E-state index in [1.807, 2.05) is 0 Å². The summed E-state index contributed by atoms with van der Waals surface area (Å²) in [4.78, 5) is 21.9. The first-order valence-corrected chi connectivity index (χ1v) is 4.75. The van der Waals surface area contributed by atoms with E-state index in [-0.39, 0.29) is 12.4 Å². The van der Waals surface area contributed by atoms with Crippen LogP contribution in [0.2, 0.25) is 0 Å². The van der Waals surface area contributed by atoms with E-state index >= 15 is 0 Å². The number of rotatable bonds is 3. The topological polar surface area (TPSA) is 72.8 Å². The molecule has 0 aliphatic carbocycles. The van der Waals surface area contributed by atoms with Gasteiger partial charge in [0, 0.05) is 0 Å². The van der Waals surface area contributed by atoms with Crippen LogP contribution in [0.4, 0.5) is 0 Å². The number of ether oxygens (including phenoxy) is 2. The zero-order valence-corrected chi connectivity index (χ0v) is 8.60. The number of benzene rings is 1. The fraction of sp³-hybridized carbons (Fsp3) is 0.273. The van der Waals surface area contributed by atoms with Gasteiger partial charge in [0.1, 0.15) is 0 Å². The fourth-order valence-corrected chi connectivity index (χ4v) is 1.64. The average Bonchev–Trinajstić information content (AvgIpc) is 2.74. The molecule has 1 unspecified atom stereocenters. The molecular formula is C11H10O5. The first-order chi connectivity index (χ1) is 7.65. The first kappa shape index (κ1) is 10.5. The summed E-state index contributed by atoms with van der Waals surface area (Å²) in [6.07, 6.45) is 0.599. The minimum absolute atomic E-state index is 0.0566. The molecule has 1 atom stereocenters. The van der Waals surface area contributed by atoms with Gasteiger partial charge in [-0.25, -0.2) is 0 Å². The van der Waals surface area contributed by atoms with Crippen LogP contribution in [0.1, 0.15) is 28.8 Å². The summed E-state index contributed by atoms with van der Waals surface area (Å²) in [5, 5.41) is 8.92. The van der Waals surface area contributed by atoms with Crippen molar-refractivity contribution >= 4 is 12.3 Å². The highest BCUT2D eigenvalue weighted by molar-refractivity contribution is 5.88. The minimum Gasteiger partial charge on any atom is -0.481 e. The Morgan fingerprint density at radius 2 is 2.25 bits per heavy atom. The molecule has 0 amide bonds. The predicted molar refractivity (Wildman–Crippen MR) is 54.0 cm³/mol. The quantitative estimate of drug-likeness (QED) is 0.783. The van der Waals surface area contributed by atoms with Crippen LogP contribution in [0.5, 0.6) is 11.5 Å². The third-order valence-corrected chi connectivity index (χ3v) is 2.57. The SMILES string of the molecule is CC(C(=O)O)c1ccc2c(c1C=O)OCO2. The Hall–Kier alpha value is -2.04. The van der Waals surface area contributed by atoms with Crippen molar-refractivity contribution in [2.75, 3.05) is 6.79 Å². The summed E-state index contributed by atoms with van der Waals surface area (Å²) in [7, 11) is 0. The maximum Gasteiger partial charge on any atom is 0.310 e. The minimum atomic E-state index is -0.984. The molecule has 5 heteroatoms. The molecule has 0 aromatic heterocycles. The van der Waals surface area contributed by atoms with Crippen LogP contribution in [0.3, 0.4) is 0 Å². The highest BCUT2D eigenvalue weighted by Gasteiger charge is 2.25. The second-order valence-electron chi connectivity index (χ2n) is 3.48. The van der Waals surface area contributed by atoms with E-state index in [0.717, 1.165) is 0 Å². The monoisotopic (exact) mass is 222 g/mol. The van der Waals surface area contributed by atoms with Crippen LogP contribution in [0.15, 0.2) is 12.1 Å². The fourth-order valence-electron chi connectivity index (χ4n) is 1.64. The van der Waals surface area contributed by atoms with Gasteiger partial charge in [0.2, 0.25) is 6.79 Å². The zero-order valence-electron chi connectivity index (χ0n) is 8.60. The number of aliphatic carboxylic acids is 1. The van der Waals surface area contributed by atoms with E-state index in [9.17, 15) is 9.59 Å². The summed E-state index contributed by atoms with van der Waals surface area (Å²) < 4.78 is 10.3. The lowest BCUT2D eigenvalue weighted by Crippen LogP contribution is -2.10. The molecule has 1 aromatic carbocycles. The molecule has 1 aliphatic rings. The third kappa shape index (κ3) is 1.50. The molecule has 0 fully saturated rings. The Kier molecular flexibility index (Phi) is 2.52. The lowest BCUT2D eigenvalue weighted by Gasteiger charge is -2.10. The van der Waals surface area contributed by atoms with E-state index < -0.39 is 11.9 Å². The van der Waals surface area contributed by atoms with Gasteiger partial charge in [-0.3, -0.25) is 9.59 Å². The average molecular weight is 222 g/mol. The molecule has 84 valence electrons. The standard InChI is InChI=1S/C11H10O5/c1-6(11(13)14)7-2-3-9-10(8(7)4-12)16-5-15-9/h2-4,6H,5H2,1H3,(H,13,14). The van der Waals surface area contributed by atoms with E-state index in [4.69, 9.17) is 14.6 Å². The summed E-state index contributed by atoms with van der Waals surface area (Å²) in [5.74, 6) is -0.930. The van der Waals surface area contributed by atoms with Crippen molar-refractivity contribution in [3.8, 4) is 11.5 Å². The molecule has 0 radical (unpaired) electrons. The Labute approximate surface area is 91.6 Å². The Balaban J connectivity index is 2.55. The maximum absolute atomic E-state index is 11.0. The Morgan fingerprint density at radius 3 is 2.88 bits per heavy atom. The molecular weight excluding hydrogens is 212 g/mol. The second-order valence-corrected chi connectivity index (χ2v) is 3.48. The van der Waals surface area contributed by atoms with Gasteiger partial charge in [-0.1, -0.05) is 6.07 Å². The lowest BCUT2D eigenvalue weighted by atomic mass is 9.95. The van der Waals surface area contributed by atoms with Crippen LogP contribution < -0.4 is 9.47 Å². The molecule has 0 saturated heterocycles. The smallest absolute Gasteiger partial charge is 0.310 e. The summed E-state index contributed by atoms with van der Waals surface area (Å²) in [6.45, 7) is 1.58. The van der Waals surface area contributed by atoms with E-state index in [0.29, 0.717) is 23.3 Å². The molecule has 5 nitrogen and oxygen atoms in total. The number of aldehydes is 1. The highest BCUT2D eigenvalue weighted by atomic mass is 16.7. The molecule has 1 aliphatic heterocycles. The van der Waals surface area contributed by atoms with Gasteiger partial charge in [-0.15, -0.1) is 0 Å². The normalized spacial score (nSPS) is 14.6. The van der Waals surface area contributed by atoms with Crippen molar-refractivity contribution in [1.82, 2.24) is 0 Å². The Bertz CT molecular complexity index is 452. The number of carbonyl (C=O) groups is 2. The number of carboxylic acid groups (broad SMARTS) is 1. The highest BCUT2D eigenvalue weighted by Crippen LogP contribution is 2.38. The van der Waals surface area contributed by atoms with Crippen molar-refractivity contribution in [1.29, 1.82) is 0 Å². The van der Waals surface area contributed by atoms with Gasteiger partial charge in [0.25, 0.3) is 0 Å². The van der Waals surface area contributed by atoms with Crippen LogP contribution in [-0.2, 0) is 4.79 Å². The van der Waals surface area contributed by atoms with E-state index in [2.05, 4.69) is 0 Å². The summed E-state index contributed by atoms with van der Waals surface area (Å²) in [6, 6.07) is 3.19. The van der Waals surface area contributed by atoms with E-state index in [1.54, 1.807) is 12.1 Å². The molecule has 1 heterocycles. The van der Waals surface area contributed by atoms with Crippen molar-refractivity contribution in [3.05, 3.63) is 23.3 Å². The zero-order chi connectivity index (χ0) is 11.7. The molecule has 0 saturated carbocycles. The molecule has 16 heavy (non-hydrogen) atoms. The molecule has 1 N–H and O–H groups in total. The molecule has 2 rings (SSSR count). The summed E-state index contributed by atoms with van der Waals surface area (Å²) >= 11 is 0. The van der Waals surface area contributed by atoms with Crippen LogP contribution in [0.25, 0.3) is 0 Å². The van der Waals surface area contributed by atoms with Crippen molar-refractivity contribution in [3.63, 3.8) is 0 Å². The lowest BCUT2D eigenvalue weighted by molar-refractivity contribution is -0.138. The van der Waals surface area contributed by atoms with Crippen LogP contribution in [0, 0.1) is 0 Å². The van der Waals surface area contributed by atoms with E-state index in [1.165, 1.54) is 6.92 Å². The first-order valence-electron chi connectivity index (χ1n) is 4.75. The van der Waals surface area contributed by atoms with Gasteiger partial charge in [-0.05, 0) is 18.6 Å². The largest absolute Gasteiger partial charge is 0.481 e. The third-order valence-electron chi connectivity index (χ3n) is 2.57. The van der Waals surface area contributed by atoms with Crippen LogP contribution >= 0.6 is 0 Å². The number of hydrogen-bond acceptors (Lipinski definition) is 4. The maximum atomic E-state index is 11.0. The predicted octanol–water partition coefficient (Wildman–Crippen LogP) is 1.42. The van der Waals surface area contributed by atoms with Gasteiger partial charge >= 0.3 is 5.97 Å². The van der Waals surface area contributed by atoms with Gasteiger partial charge in [0.05, 0.1) is 11.5 Å². The number of carbonyl (C=O) groups excluding carboxylic acids is 1. The van der Waals surface area contributed by atoms with Gasteiger partial charge in [0.15, 0.2) is 17.8 Å². The summed E-state index contributed by atoms with van der Waals surface area (Å²) in [5.41, 5.74) is 0.691. The van der Waals surface area contributed by atoms with Crippen molar-refractivity contribution in [2.24, 2.45) is 0 Å². The van der Waals surface area contributed by atoms with Crippen molar-refractivity contribution in [2.45, 2.75) is 12.8 Å². The molecule has 0 bridgehead atoms. The second kappa shape index (κ2) is 3.84. The van der Waals surface area contributed by atoms with Gasteiger partial charge < -0.3 is 14.6 Å². The Morgan fingerprint density at radius 1 is 1.50 bits per heavy atom. The number of fused-ring (bicyclic) bond motifs is 1. The molecule has 1 aromatic rings. The van der Waals surface area contributed by atoms with Crippen LogP contribution in [-0.4, -0.2) is 24.2 Å². The molecule has 0 spiro atoms. The number of hydrogen-bond donors (Lipinski definition) is 1. The van der Waals surface area contributed by atoms with Crippen molar-refractivity contribution < 1.29 is 24.2 Å². The number of carboxylic acids is 1. The van der Waals surface area contributed by atoms with Gasteiger partial charge in [-0.2, -0.15) is 0 Å².